The van der Waals surface area contributed by atoms with Crippen molar-refractivity contribution >= 4 is 6.29 Å². The Morgan fingerprint density at radius 2 is 1.56 bits per heavy atom. The molecule has 1 aromatic carbocycles. The lowest BCUT2D eigenvalue weighted by Crippen LogP contribution is -2.29. The van der Waals surface area contributed by atoms with Gasteiger partial charge in [0.25, 0.3) is 0 Å². The van der Waals surface area contributed by atoms with E-state index < -0.39 is 0 Å². The molecule has 156 valence electrons. The monoisotopic (exact) mass is 377 g/mol. The maximum atomic E-state index is 10.5. The third kappa shape index (κ3) is 14.3. The smallest absolute Gasteiger partial charge is 0.150 e. The molecule has 1 atom stereocenters. The fraction of sp³-hybridized carbons (Fsp3) is 0.609. The van der Waals surface area contributed by atoms with Crippen LogP contribution in [0.5, 0.6) is 0 Å². The molecule has 27 heavy (non-hydrogen) atoms. The molecule has 0 spiro atoms. The van der Waals surface area contributed by atoms with Gasteiger partial charge in [0.2, 0.25) is 0 Å². The molecule has 1 fully saturated rings. The Morgan fingerprint density at radius 1 is 1.07 bits per heavy atom. The van der Waals surface area contributed by atoms with Crippen LogP contribution in [0.2, 0.25) is 0 Å². The van der Waals surface area contributed by atoms with Gasteiger partial charge in [-0.2, -0.15) is 0 Å². The van der Waals surface area contributed by atoms with E-state index in [0.717, 1.165) is 18.4 Å². The summed E-state index contributed by atoms with van der Waals surface area (Å²) in [6, 6.07) is 8.07. The molecule has 1 saturated heterocycles. The number of likely N-dealkylation sites (tertiary alicyclic amines) is 1. The van der Waals surface area contributed by atoms with Crippen molar-refractivity contribution in [3.05, 3.63) is 47.5 Å². The van der Waals surface area contributed by atoms with E-state index in [-0.39, 0.29) is 0 Å². The third-order valence-corrected chi connectivity index (χ3v) is 4.14. The number of aldehydes is 1. The summed E-state index contributed by atoms with van der Waals surface area (Å²) in [5, 5.41) is 3.17. The number of allylic oxidation sites excluding steroid dienone is 2. The molecule has 4 nitrogen and oxygen atoms in total. The number of nitrogens with one attached hydrogen (secondary N) is 1. The van der Waals surface area contributed by atoms with Gasteiger partial charge >= 0.3 is 0 Å². The molecular weight excluding hydrogens is 334 g/mol. The highest BCUT2D eigenvalue weighted by atomic mass is 16.1. The number of carbonyl (C=O) groups is 1. The van der Waals surface area contributed by atoms with Crippen molar-refractivity contribution in [2.75, 3.05) is 47.8 Å². The van der Waals surface area contributed by atoms with Crippen molar-refractivity contribution in [1.82, 2.24) is 15.1 Å². The van der Waals surface area contributed by atoms with Crippen molar-refractivity contribution in [3.63, 3.8) is 0 Å². The van der Waals surface area contributed by atoms with Gasteiger partial charge in [-0.1, -0.05) is 50.3 Å². The van der Waals surface area contributed by atoms with Crippen molar-refractivity contribution < 1.29 is 4.79 Å². The number of hydrogen-bond acceptors (Lipinski definition) is 4. The normalized spacial score (nSPS) is 14.4. The first-order chi connectivity index (χ1) is 13.0. The number of rotatable bonds is 5. The van der Waals surface area contributed by atoms with Gasteiger partial charge in [-0.3, -0.25) is 4.79 Å². The van der Waals surface area contributed by atoms with E-state index in [0.29, 0.717) is 6.04 Å². The minimum atomic E-state index is 0.343. The average Bonchev–Trinajstić information content (AvgIpc) is 3.19. The molecule has 1 aliphatic rings. The Labute approximate surface area is 168 Å². The zero-order valence-electron chi connectivity index (χ0n) is 19.0. The molecule has 1 heterocycles. The zero-order valence-corrected chi connectivity index (χ0v) is 19.0. The summed E-state index contributed by atoms with van der Waals surface area (Å²) in [5.41, 5.74) is 1.95. The molecule has 1 aliphatic heterocycles. The van der Waals surface area contributed by atoms with E-state index in [1.54, 1.807) is 0 Å². The molecule has 0 saturated carbocycles. The minimum Gasteiger partial charge on any atom is -0.318 e. The number of hydrogen-bond donors (Lipinski definition) is 1. The fourth-order valence-corrected chi connectivity index (χ4v) is 2.46. The molecular formula is C23H43N3O. The first-order valence-electron chi connectivity index (χ1n) is 10.1. The molecule has 1 N–H and O–H groups in total. The lowest BCUT2D eigenvalue weighted by molar-refractivity contribution is 0.112. The summed E-state index contributed by atoms with van der Waals surface area (Å²) in [7, 11) is 8.22. The first-order valence-corrected chi connectivity index (χ1v) is 10.1. The van der Waals surface area contributed by atoms with Gasteiger partial charge in [0, 0.05) is 18.2 Å². The highest BCUT2D eigenvalue weighted by Crippen LogP contribution is 2.17. The Balaban J connectivity index is 0. The van der Waals surface area contributed by atoms with Gasteiger partial charge in [-0.05, 0) is 73.5 Å². The van der Waals surface area contributed by atoms with E-state index in [1.165, 1.54) is 31.5 Å². The second-order valence-electron chi connectivity index (χ2n) is 6.50. The van der Waals surface area contributed by atoms with Gasteiger partial charge < -0.3 is 15.1 Å². The van der Waals surface area contributed by atoms with Crippen LogP contribution >= 0.6 is 0 Å². The molecule has 0 bridgehead atoms. The Hall–Kier alpha value is -1.49. The summed E-state index contributed by atoms with van der Waals surface area (Å²) >= 11 is 0. The lowest BCUT2D eigenvalue weighted by Gasteiger charge is -2.24. The van der Waals surface area contributed by atoms with Crippen molar-refractivity contribution in [2.24, 2.45) is 0 Å². The molecule has 0 amide bonds. The van der Waals surface area contributed by atoms with Crippen LogP contribution in [0.1, 0.15) is 62.5 Å². The number of benzene rings is 1. The van der Waals surface area contributed by atoms with E-state index >= 15 is 0 Å². The third-order valence-electron chi connectivity index (χ3n) is 4.14. The minimum absolute atomic E-state index is 0.343. The Morgan fingerprint density at radius 3 is 1.81 bits per heavy atom. The molecule has 1 aromatic rings. The molecule has 0 aliphatic carbocycles. The Kier molecular flexibility index (Phi) is 19.8. The number of likely N-dealkylation sites (N-methyl/N-ethyl adjacent to an activating group) is 2. The van der Waals surface area contributed by atoms with Crippen LogP contribution in [-0.2, 0) is 0 Å². The molecule has 0 radical (unpaired) electrons. The van der Waals surface area contributed by atoms with Gasteiger partial charge in [0.05, 0.1) is 0 Å². The highest BCUT2D eigenvalue weighted by molar-refractivity contribution is 5.74. The van der Waals surface area contributed by atoms with Crippen LogP contribution in [0.25, 0.3) is 0 Å². The van der Waals surface area contributed by atoms with Crippen molar-refractivity contribution in [2.45, 2.75) is 46.6 Å². The predicted octanol–water partition coefficient (Wildman–Crippen LogP) is 4.64. The second-order valence-corrected chi connectivity index (χ2v) is 6.50. The number of carbonyl (C=O) groups excluding carboxylic acids is 1. The quantitative estimate of drug-likeness (QED) is 0.599. The van der Waals surface area contributed by atoms with E-state index in [9.17, 15) is 4.79 Å². The first kappa shape index (κ1) is 27.7. The summed E-state index contributed by atoms with van der Waals surface area (Å²) < 4.78 is 0. The summed E-state index contributed by atoms with van der Waals surface area (Å²) in [5.74, 6) is 0. The van der Waals surface area contributed by atoms with Crippen LogP contribution in [-0.4, -0.2) is 63.9 Å². The SMILES string of the molecule is C/C=C\C.CC.CN1CCCC1.CNCC(c1ccc(C=O)cc1)N(C)C. The van der Waals surface area contributed by atoms with Crippen LogP contribution in [0.3, 0.4) is 0 Å². The topological polar surface area (TPSA) is 35.6 Å². The maximum absolute atomic E-state index is 10.5. The molecule has 2 rings (SSSR count). The predicted molar refractivity (Wildman–Crippen MR) is 121 cm³/mol. The van der Waals surface area contributed by atoms with Gasteiger partial charge in [-0.15, -0.1) is 0 Å². The highest BCUT2D eigenvalue weighted by Gasteiger charge is 2.12. The van der Waals surface area contributed by atoms with Crippen LogP contribution in [0.4, 0.5) is 0 Å². The Bertz CT molecular complexity index is 459. The standard InChI is InChI=1S/C12H18N2O.C5H11N.C4H8.C2H6/c1-13-8-12(14(2)3)11-6-4-10(9-15)5-7-11;1-6-4-2-3-5-6;1-3-4-2;1-2/h4-7,9,12-13H,8H2,1-3H3;2-5H2,1H3;3-4H,1-2H3;1-2H3/b;;4-3-;. The summed E-state index contributed by atoms with van der Waals surface area (Å²) in [6.07, 6.45) is 7.69. The zero-order chi connectivity index (χ0) is 21.1. The largest absolute Gasteiger partial charge is 0.318 e. The second kappa shape index (κ2) is 19.3. The molecule has 0 aromatic heterocycles. The van der Waals surface area contributed by atoms with Crippen molar-refractivity contribution in [1.29, 1.82) is 0 Å². The lowest BCUT2D eigenvalue weighted by atomic mass is 10.0. The van der Waals surface area contributed by atoms with E-state index in [2.05, 4.69) is 36.3 Å². The summed E-state index contributed by atoms with van der Waals surface area (Å²) in [4.78, 5) is 15.0. The maximum Gasteiger partial charge on any atom is 0.150 e. The van der Waals surface area contributed by atoms with Gasteiger partial charge in [0.15, 0.2) is 0 Å². The van der Waals surface area contributed by atoms with Crippen LogP contribution in [0.15, 0.2) is 36.4 Å². The molecule has 1 unspecified atom stereocenters. The van der Waals surface area contributed by atoms with Crippen molar-refractivity contribution in [3.8, 4) is 0 Å². The van der Waals surface area contributed by atoms with E-state index in [4.69, 9.17) is 0 Å². The van der Waals surface area contributed by atoms with Crippen LogP contribution < -0.4 is 5.32 Å². The van der Waals surface area contributed by atoms with Gasteiger partial charge in [0.1, 0.15) is 6.29 Å². The average molecular weight is 378 g/mol. The number of nitrogens with zero attached hydrogens (tertiary/aromatic N) is 2. The fourth-order valence-electron chi connectivity index (χ4n) is 2.46. The van der Waals surface area contributed by atoms with E-state index in [1.807, 2.05) is 71.2 Å². The molecule has 4 heteroatoms. The van der Waals surface area contributed by atoms with Gasteiger partial charge in [-0.25, -0.2) is 0 Å². The summed E-state index contributed by atoms with van der Waals surface area (Å²) in [6.45, 7) is 11.5. The van der Waals surface area contributed by atoms with Crippen LogP contribution in [0, 0.1) is 0 Å².